The normalized spacial score (nSPS) is 20.8. The Labute approximate surface area is 194 Å². The van der Waals surface area contributed by atoms with Crippen molar-refractivity contribution in [3.05, 3.63) is 29.3 Å². The summed E-state index contributed by atoms with van der Waals surface area (Å²) in [5, 5.41) is 3.96. The van der Waals surface area contributed by atoms with Crippen LogP contribution in [0.5, 0.6) is 5.75 Å². The molecule has 0 spiro atoms. The molecule has 29 heavy (non-hydrogen) atoms. The minimum Gasteiger partial charge on any atom is -0.487 e. The highest BCUT2D eigenvalue weighted by molar-refractivity contribution is 14.0. The Bertz CT molecular complexity index is 692. The van der Waals surface area contributed by atoms with E-state index < -0.39 is 0 Å². The molecule has 1 amide bonds. The average molecular weight is 537 g/mol. The highest BCUT2D eigenvalue weighted by atomic mass is 127. The van der Waals surface area contributed by atoms with Gasteiger partial charge in [0.25, 0.3) is 5.91 Å². The van der Waals surface area contributed by atoms with Crippen LogP contribution in [0.15, 0.2) is 29.3 Å². The van der Waals surface area contributed by atoms with Crippen LogP contribution in [-0.4, -0.2) is 80.3 Å². The predicted molar refractivity (Wildman–Crippen MR) is 125 cm³/mol. The molecule has 2 aliphatic rings. The minimum atomic E-state index is -0.244. The number of aliphatic imine (C=N–C) groups is 1. The standard InChI is InChI=1S/C20H29ClN4O3.HI/c1-15(28-17-7-4-3-6-16(17)21)14-23-20(22-2)25-11-9-24(10-12-25)19(26)18-8-5-13-27-18;/h3-4,6-7,15,18H,5,8-14H2,1-2H3,(H,22,23);1H. The van der Waals surface area contributed by atoms with E-state index in [1.165, 1.54) is 0 Å². The number of nitrogens with one attached hydrogen (secondary N) is 1. The maximum atomic E-state index is 12.5. The van der Waals surface area contributed by atoms with E-state index >= 15 is 0 Å². The van der Waals surface area contributed by atoms with Gasteiger partial charge in [0.05, 0.1) is 11.6 Å². The maximum absolute atomic E-state index is 12.5. The van der Waals surface area contributed by atoms with Crippen molar-refractivity contribution in [1.29, 1.82) is 0 Å². The molecule has 2 unspecified atom stereocenters. The Morgan fingerprint density at radius 1 is 1.31 bits per heavy atom. The van der Waals surface area contributed by atoms with Crippen LogP contribution < -0.4 is 10.1 Å². The summed E-state index contributed by atoms with van der Waals surface area (Å²) >= 11 is 6.15. The largest absolute Gasteiger partial charge is 0.487 e. The zero-order valence-corrected chi connectivity index (χ0v) is 20.1. The van der Waals surface area contributed by atoms with Crippen LogP contribution >= 0.6 is 35.6 Å². The van der Waals surface area contributed by atoms with Gasteiger partial charge in [-0.1, -0.05) is 23.7 Å². The van der Waals surface area contributed by atoms with Gasteiger partial charge >= 0.3 is 0 Å². The van der Waals surface area contributed by atoms with Crippen LogP contribution in [0.2, 0.25) is 5.02 Å². The molecule has 9 heteroatoms. The fraction of sp³-hybridized carbons (Fsp3) is 0.600. The number of rotatable bonds is 5. The quantitative estimate of drug-likeness (QED) is 0.356. The van der Waals surface area contributed by atoms with Gasteiger partial charge in [-0.15, -0.1) is 24.0 Å². The molecule has 1 aromatic rings. The molecule has 0 radical (unpaired) electrons. The highest BCUT2D eigenvalue weighted by Gasteiger charge is 2.30. The topological polar surface area (TPSA) is 66.4 Å². The Balaban J connectivity index is 0.00000300. The van der Waals surface area contributed by atoms with E-state index in [1.54, 1.807) is 7.05 Å². The van der Waals surface area contributed by atoms with Gasteiger partial charge in [-0.05, 0) is 31.9 Å². The first-order valence-electron chi connectivity index (χ1n) is 9.85. The third-order valence-electron chi connectivity index (χ3n) is 5.02. The monoisotopic (exact) mass is 536 g/mol. The maximum Gasteiger partial charge on any atom is 0.251 e. The van der Waals surface area contributed by atoms with Gasteiger partial charge in [-0.3, -0.25) is 9.79 Å². The van der Waals surface area contributed by atoms with Crippen LogP contribution in [0.1, 0.15) is 19.8 Å². The van der Waals surface area contributed by atoms with Crippen molar-refractivity contribution < 1.29 is 14.3 Å². The zero-order valence-electron chi connectivity index (χ0n) is 17.0. The van der Waals surface area contributed by atoms with E-state index in [9.17, 15) is 4.79 Å². The van der Waals surface area contributed by atoms with Crippen molar-refractivity contribution in [2.75, 3.05) is 46.4 Å². The molecule has 2 aliphatic heterocycles. The first-order chi connectivity index (χ1) is 13.6. The van der Waals surface area contributed by atoms with Crippen molar-refractivity contribution in [3.8, 4) is 5.75 Å². The molecule has 0 saturated carbocycles. The third kappa shape index (κ3) is 6.62. The second-order valence-corrected chi connectivity index (χ2v) is 7.51. The summed E-state index contributed by atoms with van der Waals surface area (Å²) in [4.78, 5) is 20.9. The molecule has 0 bridgehead atoms. The number of hydrogen-bond acceptors (Lipinski definition) is 4. The van der Waals surface area contributed by atoms with E-state index in [2.05, 4.69) is 15.2 Å². The first kappa shape index (κ1) is 24.0. The van der Waals surface area contributed by atoms with Gasteiger partial charge in [-0.25, -0.2) is 0 Å². The van der Waals surface area contributed by atoms with E-state index in [1.807, 2.05) is 36.1 Å². The molecule has 2 heterocycles. The number of benzene rings is 1. The van der Waals surface area contributed by atoms with E-state index in [-0.39, 0.29) is 42.1 Å². The number of para-hydroxylation sites is 1. The molecule has 0 aliphatic carbocycles. The summed E-state index contributed by atoms with van der Waals surface area (Å²) in [6, 6.07) is 7.45. The van der Waals surface area contributed by atoms with Gasteiger partial charge in [0.1, 0.15) is 18.0 Å². The molecule has 1 aromatic carbocycles. The SMILES string of the molecule is CN=C(NCC(C)Oc1ccccc1Cl)N1CCN(C(=O)C2CCCO2)CC1.I. The number of carbonyl (C=O) groups is 1. The summed E-state index contributed by atoms with van der Waals surface area (Å²) in [6.45, 7) is 6.15. The van der Waals surface area contributed by atoms with Crippen LogP contribution in [0.25, 0.3) is 0 Å². The molecule has 2 fully saturated rings. The summed E-state index contributed by atoms with van der Waals surface area (Å²) in [6.07, 6.45) is 1.50. The lowest BCUT2D eigenvalue weighted by Crippen LogP contribution is -2.55. The Hall–Kier alpha value is -1.26. The number of hydrogen-bond donors (Lipinski definition) is 1. The van der Waals surface area contributed by atoms with E-state index in [0.29, 0.717) is 37.0 Å². The van der Waals surface area contributed by atoms with Crippen LogP contribution in [0, 0.1) is 0 Å². The molecule has 1 N–H and O–H groups in total. The van der Waals surface area contributed by atoms with Crippen molar-refractivity contribution in [3.63, 3.8) is 0 Å². The lowest BCUT2D eigenvalue weighted by atomic mass is 10.2. The van der Waals surface area contributed by atoms with Gasteiger partial charge in [0.2, 0.25) is 0 Å². The summed E-state index contributed by atoms with van der Waals surface area (Å²) in [5.74, 6) is 1.62. The predicted octanol–water partition coefficient (Wildman–Crippen LogP) is 2.62. The van der Waals surface area contributed by atoms with Crippen molar-refractivity contribution in [2.24, 2.45) is 4.99 Å². The number of ether oxygens (including phenoxy) is 2. The van der Waals surface area contributed by atoms with Crippen molar-refractivity contribution in [2.45, 2.75) is 32.0 Å². The lowest BCUT2D eigenvalue weighted by molar-refractivity contribution is -0.142. The van der Waals surface area contributed by atoms with Crippen LogP contribution in [-0.2, 0) is 9.53 Å². The highest BCUT2D eigenvalue weighted by Crippen LogP contribution is 2.24. The molecule has 162 valence electrons. The van der Waals surface area contributed by atoms with Crippen LogP contribution in [0.4, 0.5) is 0 Å². The summed E-state index contributed by atoms with van der Waals surface area (Å²) < 4.78 is 11.4. The van der Waals surface area contributed by atoms with Gasteiger partial charge in [-0.2, -0.15) is 0 Å². The summed E-state index contributed by atoms with van der Waals surface area (Å²) in [5.41, 5.74) is 0. The molecule has 2 saturated heterocycles. The number of halogens is 2. The van der Waals surface area contributed by atoms with Gasteiger partial charge < -0.3 is 24.6 Å². The second-order valence-electron chi connectivity index (χ2n) is 7.10. The molecule has 2 atom stereocenters. The second kappa shape index (κ2) is 11.8. The Morgan fingerprint density at radius 3 is 2.62 bits per heavy atom. The fourth-order valence-electron chi connectivity index (χ4n) is 3.48. The Kier molecular flexibility index (Phi) is 9.78. The molecule has 0 aromatic heterocycles. The molecular weight excluding hydrogens is 507 g/mol. The number of piperazine rings is 1. The zero-order chi connectivity index (χ0) is 19.9. The van der Waals surface area contributed by atoms with Gasteiger partial charge in [0, 0.05) is 39.8 Å². The molecular formula is C20H30ClIN4O3. The first-order valence-corrected chi connectivity index (χ1v) is 10.2. The fourth-order valence-corrected chi connectivity index (χ4v) is 3.66. The average Bonchev–Trinajstić information content (AvgIpc) is 3.25. The molecule has 3 rings (SSSR count). The number of nitrogens with zero attached hydrogens (tertiary/aromatic N) is 3. The minimum absolute atomic E-state index is 0. The van der Waals surface area contributed by atoms with E-state index in [0.717, 1.165) is 31.9 Å². The van der Waals surface area contributed by atoms with Crippen molar-refractivity contribution >= 4 is 47.4 Å². The summed E-state index contributed by atoms with van der Waals surface area (Å²) in [7, 11) is 1.77. The number of carbonyl (C=O) groups excluding carboxylic acids is 1. The van der Waals surface area contributed by atoms with Gasteiger partial charge in [0.15, 0.2) is 5.96 Å². The van der Waals surface area contributed by atoms with Crippen LogP contribution in [0.3, 0.4) is 0 Å². The lowest BCUT2D eigenvalue weighted by Gasteiger charge is -2.37. The molecule has 7 nitrogen and oxygen atoms in total. The van der Waals surface area contributed by atoms with E-state index in [4.69, 9.17) is 21.1 Å². The van der Waals surface area contributed by atoms with Crippen molar-refractivity contribution in [1.82, 2.24) is 15.1 Å². The smallest absolute Gasteiger partial charge is 0.251 e. The third-order valence-corrected chi connectivity index (χ3v) is 5.33. The Morgan fingerprint density at radius 2 is 2.00 bits per heavy atom. The number of guanidine groups is 1. The number of amides is 1.